The van der Waals surface area contributed by atoms with Crippen LogP contribution in [0.5, 0.6) is 0 Å². The molecule has 5 aromatic heterocycles. The molecular formula is C40H34N8O5. The first-order valence-electron chi connectivity index (χ1n) is 16.7. The van der Waals surface area contributed by atoms with Crippen LogP contribution in [0.15, 0.2) is 134 Å². The van der Waals surface area contributed by atoms with Crippen LogP contribution >= 0.6 is 0 Å². The number of esters is 2. The molecule has 0 fully saturated rings. The van der Waals surface area contributed by atoms with Crippen LogP contribution in [0.4, 0.5) is 17.2 Å². The summed E-state index contributed by atoms with van der Waals surface area (Å²) in [5.74, 6) is 0.140. The van der Waals surface area contributed by atoms with Gasteiger partial charge in [0.05, 0.1) is 30.0 Å². The highest BCUT2D eigenvalue weighted by atomic mass is 16.5. The van der Waals surface area contributed by atoms with Crippen molar-refractivity contribution in [1.29, 1.82) is 0 Å². The summed E-state index contributed by atoms with van der Waals surface area (Å²) >= 11 is 0. The second-order valence-electron chi connectivity index (χ2n) is 11.1. The molecule has 0 bridgehead atoms. The lowest BCUT2D eigenvalue weighted by Crippen LogP contribution is -2.14. The summed E-state index contributed by atoms with van der Waals surface area (Å²) < 4.78 is 11.9. The minimum absolute atomic E-state index is 0.311. The number of anilines is 3. The normalized spacial score (nSPS) is 10.5. The maximum absolute atomic E-state index is 12.3. The standard InChI is InChI=1S/C20H18N4O3.C20H16N4O2/c1-2-27-20(26)14-8-10-15(11-9-14)23-18-16(7-5-13-22-18)24-19(25)17-6-3-4-12-21-17;1-2-26-20(25)14-8-10-15(11-9-14)24-18-17(7-5-13-22-18)23-19(24)16-6-3-4-12-21-16/h3-13H,2H2,1H3,(H,22,23)(H,24,25);3-13H,2H2,1H3. The Bertz CT molecular complexity index is 2310. The van der Waals surface area contributed by atoms with Crippen molar-refractivity contribution in [2.75, 3.05) is 23.8 Å². The average molecular weight is 707 g/mol. The quantitative estimate of drug-likeness (QED) is 0.137. The summed E-state index contributed by atoms with van der Waals surface area (Å²) in [7, 11) is 0. The van der Waals surface area contributed by atoms with E-state index < -0.39 is 0 Å². The Hall–Kier alpha value is -7.28. The van der Waals surface area contributed by atoms with Crippen LogP contribution in [0.25, 0.3) is 28.4 Å². The fourth-order valence-electron chi connectivity index (χ4n) is 5.11. The van der Waals surface area contributed by atoms with Crippen LogP contribution in [0.1, 0.15) is 45.1 Å². The fraction of sp³-hybridized carbons (Fsp3) is 0.100. The van der Waals surface area contributed by atoms with Gasteiger partial charge < -0.3 is 20.1 Å². The van der Waals surface area contributed by atoms with Gasteiger partial charge in [0.15, 0.2) is 17.3 Å². The van der Waals surface area contributed by atoms with Crippen LogP contribution in [-0.2, 0) is 9.47 Å². The summed E-state index contributed by atoms with van der Waals surface area (Å²) in [6, 6.07) is 32.0. The van der Waals surface area contributed by atoms with Gasteiger partial charge >= 0.3 is 11.9 Å². The zero-order chi connectivity index (χ0) is 37.0. The second kappa shape index (κ2) is 17.1. The van der Waals surface area contributed by atoms with Gasteiger partial charge in [-0.3, -0.25) is 19.3 Å². The van der Waals surface area contributed by atoms with Crippen LogP contribution < -0.4 is 10.6 Å². The highest BCUT2D eigenvalue weighted by molar-refractivity contribution is 6.04. The van der Waals surface area contributed by atoms with E-state index in [0.29, 0.717) is 47.4 Å². The molecule has 5 heterocycles. The third kappa shape index (κ3) is 8.72. The molecule has 0 aliphatic rings. The van der Waals surface area contributed by atoms with Crippen molar-refractivity contribution in [2.24, 2.45) is 0 Å². The number of hydrogen-bond acceptors (Lipinski definition) is 11. The number of hydrogen-bond donors (Lipinski definition) is 2. The van der Waals surface area contributed by atoms with E-state index in [4.69, 9.17) is 14.5 Å². The molecule has 0 spiro atoms. The molecule has 0 saturated carbocycles. The SMILES string of the molecule is CCOC(=O)c1ccc(-n2c(-c3ccccn3)nc3cccnc32)cc1.CCOC(=O)c1ccc(Nc2ncccc2NC(=O)c2ccccn2)cc1. The summed E-state index contributed by atoms with van der Waals surface area (Å²) in [6.45, 7) is 4.22. The maximum atomic E-state index is 12.3. The van der Waals surface area contributed by atoms with Gasteiger partial charge in [0.1, 0.15) is 16.9 Å². The van der Waals surface area contributed by atoms with Crippen molar-refractivity contribution in [2.45, 2.75) is 13.8 Å². The number of fused-ring (bicyclic) bond motifs is 1. The van der Waals surface area contributed by atoms with E-state index in [2.05, 4.69) is 30.6 Å². The lowest BCUT2D eigenvalue weighted by atomic mass is 10.2. The first kappa shape index (κ1) is 35.5. The molecule has 0 radical (unpaired) electrons. The smallest absolute Gasteiger partial charge is 0.338 e. The minimum Gasteiger partial charge on any atom is -0.462 e. The molecule has 7 aromatic rings. The van der Waals surface area contributed by atoms with Gasteiger partial charge in [0.2, 0.25) is 0 Å². The van der Waals surface area contributed by atoms with Crippen molar-refractivity contribution in [3.63, 3.8) is 0 Å². The van der Waals surface area contributed by atoms with E-state index in [0.717, 1.165) is 28.2 Å². The zero-order valence-corrected chi connectivity index (χ0v) is 28.8. The van der Waals surface area contributed by atoms with E-state index in [-0.39, 0.29) is 17.8 Å². The van der Waals surface area contributed by atoms with Gasteiger partial charge in [-0.25, -0.2) is 24.5 Å². The molecule has 0 aliphatic heterocycles. The van der Waals surface area contributed by atoms with Gasteiger partial charge in [-0.2, -0.15) is 0 Å². The molecule has 0 unspecified atom stereocenters. The van der Waals surface area contributed by atoms with Crippen molar-refractivity contribution in [3.8, 4) is 17.2 Å². The number of carbonyl (C=O) groups excluding carboxylic acids is 3. The molecule has 0 aliphatic carbocycles. The molecule has 2 N–H and O–H groups in total. The van der Waals surface area contributed by atoms with E-state index in [1.54, 1.807) is 105 Å². The lowest BCUT2D eigenvalue weighted by Gasteiger charge is -2.12. The minimum atomic E-state index is -0.370. The predicted octanol–water partition coefficient (Wildman–Crippen LogP) is 7.31. The van der Waals surface area contributed by atoms with E-state index >= 15 is 0 Å². The van der Waals surface area contributed by atoms with Crippen LogP contribution in [0.2, 0.25) is 0 Å². The van der Waals surface area contributed by atoms with E-state index in [1.165, 1.54) is 0 Å². The van der Waals surface area contributed by atoms with Crippen molar-refractivity contribution in [3.05, 3.63) is 151 Å². The van der Waals surface area contributed by atoms with Crippen molar-refractivity contribution >= 4 is 46.2 Å². The molecule has 1 amide bonds. The number of nitrogens with one attached hydrogen (secondary N) is 2. The number of pyridine rings is 4. The lowest BCUT2D eigenvalue weighted by molar-refractivity contribution is 0.0517. The summed E-state index contributed by atoms with van der Waals surface area (Å²) in [6.07, 6.45) is 6.64. The molecule has 13 heteroatoms. The first-order chi connectivity index (χ1) is 25.9. The Morgan fingerprint density at radius 2 is 1.26 bits per heavy atom. The molecular weight excluding hydrogens is 672 g/mol. The molecule has 13 nitrogen and oxygen atoms in total. The fourth-order valence-corrected chi connectivity index (χ4v) is 5.11. The van der Waals surface area contributed by atoms with Gasteiger partial charge in [0.25, 0.3) is 5.91 Å². The monoisotopic (exact) mass is 706 g/mol. The number of benzene rings is 2. The maximum Gasteiger partial charge on any atom is 0.338 e. The van der Waals surface area contributed by atoms with Gasteiger partial charge in [-0.05, 0) is 111 Å². The van der Waals surface area contributed by atoms with Crippen LogP contribution in [-0.4, -0.2) is 60.5 Å². The molecule has 0 saturated heterocycles. The van der Waals surface area contributed by atoms with E-state index in [1.807, 2.05) is 47.0 Å². The Morgan fingerprint density at radius 1 is 0.642 bits per heavy atom. The highest BCUT2D eigenvalue weighted by Crippen LogP contribution is 2.27. The van der Waals surface area contributed by atoms with Crippen LogP contribution in [0.3, 0.4) is 0 Å². The molecule has 53 heavy (non-hydrogen) atoms. The summed E-state index contributed by atoms with van der Waals surface area (Å²) in [5, 5.41) is 5.92. The molecule has 7 rings (SSSR count). The van der Waals surface area contributed by atoms with Gasteiger partial charge in [0, 0.05) is 36.2 Å². The Labute approximate surface area is 304 Å². The predicted molar refractivity (Wildman–Crippen MR) is 200 cm³/mol. The van der Waals surface area contributed by atoms with Crippen molar-refractivity contribution < 1.29 is 23.9 Å². The number of amides is 1. The Morgan fingerprint density at radius 3 is 1.91 bits per heavy atom. The van der Waals surface area contributed by atoms with Crippen LogP contribution in [0, 0.1) is 0 Å². The average Bonchev–Trinajstić information content (AvgIpc) is 3.60. The third-order valence-electron chi connectivity index (χ3n) is 7.56. The van der Waals surface area contributed by atoms with Crippen molar-refractivity contribution in [1.82, 2.24) is 29.5 Å². The number of rotatable bonds is 10. The Balaban J connectivity index is 0.000000181. The molecule has 2 aromatic carbocycles. The number of nitrogens with zero attached hydrogens (tertiary/aromatic N) is 6. The first-order valence-corrected chi connectivity index (χ1v) is 16.7. The number of carbonyl (C=O) groups is 3. The largest absolute Gasteiger partial charge is 0.462 e. The van der Waals surface area contributed by atoms with E-state index in [9.17, 15) is 14.4 Å². The number of aromatic nitrogens is 6. The van der Waals surface area contributed by atoms with Gasteiger partial charge in [-0.1, -0.05) is 12.1 Å². The van der Waals surface area contributed by atoms with Gasteiger partial charge in [-0.15, -0.1) is 0 Å². The third-order valence-corrected chi connectivity index (χ3v) is 7.56. The second-order valence-corrected chi connectivity index (χ2v) is 11.1. The Kier molecular flexibility index (Phi) is 11.5. The summed E-state index contributed by atoms with van der Waals surface area (Å²) in [4.78, 5) is 57.8. The highest BCUT2D eigenvalue weighted by Gasteiger charge is 2.17. The molecule has 264 valence electrons. The number of imidazole rings is 1. The molecule has 0 atom stereocenters. The number of ether oxygens (including phenoxy) is 2. The zero-order valence-electron chi connectivity index (χ0n) is 28.8. The topological polar surface area (TPSA) is 163 Å². The summed E-state index contributed by atoms with van der Waals surface area (Å²) in [5.41, 5.74) is 5.63.